The van der Waals surface area contributed by atoms with Gasteiger partial charge < -0.3 is 4.55 Å². The van der Waals surface area contributed by atoms with Gasteiger partial charge in [0, 0.05) is 11.4 Å². The number of hydrogen-bond donors (Lipinski definition) is 1. The lowest BCUT2D eigenvalue weighted by atomic mass is 10.0. The molecule has 0 saturated carbocycles. The van der Waals surface area contributed by atoms with E-state index in [1.54, 1.807) is 24.3 Å². The number of rotatable bonds is 5. The zero-order chi connectivity index (χ0) is 13.8. The maximum Gasteiger partial charge on any atom is 0.148 e. The van der Waals surface area contributed by atoms with Crippen LogP contribution in [0.5, 0.6) is 0 Å². The fourth-order valence-corrected chi connectivity index (χ4v) is 2.19. The van der Waals surface area contributed by atoms with E-state index >= 15 is 0 Å². The van der Waals surface area contributed by atoms with Crippen LogP contribution >= 0.6 is 0 Å². The molecule has 0 spiro atoms. The Hall–Kier alpha value is -0.840. The summed E-state index contributed by atoms with van der Waals surface area (Å²) in [6.07, 6.45) is 0.205. The third-order valence-corrected chi connectivity index (χ3v) is 4.09. The molecule has 3 atom stereocenters. The summed E-state index contributed by atoms with van der Waals surface area (Å²) in [7, 11) is 0. The summed E-state index contributed by atoms with van der Waals surface area (Å²) in [4.78, 5) is 0. The number of nitrogens with one attached hydrogen (secondary N) is 1. The summed E-state index contributed by atoms with van der Waals surface area (Å²) in [6.45, 7) is 9.12. The van der Waals surface area contributed by atoms with Crippen molar-refractivity contribution in [3.05, 3.63) is 48.6 Å². The van der Waals surface area contributed by atoms with Gasteiger partial charge in [-0.3, -0.25) is 0 Å². The summed E-state index contributed by atoms with van der Waals surface area (Å²) in [5, 5.41) is 0. The molecular weight excluding hydrogens is 249 g/mol. The van der Waals surface area contributed by atoms with E-state index in [0.717, 1.165) is 0 Å². The Balaban J connectivity index is 2.76. The highest BCUT2D eigenvalue weighted by Gasteiger charge is 2.31. The molecule has 18 heavy (non-hydrogen) atoms. The molecule has 0 amide bonds. The van der Waals surface area contributed by atoms with Gasteiger partial charge in [0.05, 0.1) is 0 Å². The molecule has 0 radical (unpaired) electrons. The fourth-order valence-electron chi connectivity index (χ4n) is 1.37. The van der Waals surface area contributed by atoms with Crippen LogP contribution in [0.15, 0.2) is 43.0 Å². The van der Waals surface area contributed by atoms with E-state index in [-0.39, 0.29) is 0 Å². The maximum atomic E-state index is 14.3. The zero-order valence-corrected chi connectivity index (χ0v) is 11.8. The molecule has 0 bridgehead atoms. The number of alkyl halides is 1. The van der Waals surface area contributed by atoms with E-state index in [2.05, 4.69) is 11.3 Å². The smallest absolute Gasteiger partial charge is 0.148 e. The highest BCUT2D eigenvalue weighted by Crippen LogP contribution is 2.24. The SMILES string of the molecule is C=C[C@@H](N[S+]([O-])C(C)(C)C)[C@H](F)c1ccccc1. The first-order valence-electron chi connectivity index (χ1n) is 5.86. The molecule has 2 nitrogen and oxygen atoms in total. The summed E-state index contributed by atoms with van der Waals surface area (Å²) in [5.41, 5.74) is 0.556. The predicted molar refractivity (Wildman–Crippen MR) is 75.3 cm³/mol. The van der Waals surface area contributed by atoms with Crippen molar-refractivity contribution >= 4 is 11.4 Å². The van der Waals surface area contributed by atoms with Crippen molar-refractivity contribution in [2.75, 3.05) is 0 Å². The Morgan fingerprint density at radius 1 is 1.33 bits per heavy atom. The second kappa shape index (κ2) is 6.36. The highest BCUT2D eigenvalue weighted by atomic mass is 32.2. The predicted octanol–water partition coefficient (Wildman–Crippen LogP) is 3.30. The van der Waals surface area contributed by atoms with Crippen LogP contribution in [0.25, 0.3) is 0 Å². The molecule has 100 valence electrons. The van der Waals surface area contributed by atoms with Crippen molar-refractivity contribution in [2.24, 2.45) is 0 Å². The molecule has 4 heteroatoms. The third kappa shape index (κ3) is 4.12. The molecule has 1 N–H and O–H groups in total. The van der Waals surface area contributed by atoms with E-state index in [1.165, 1.54) is 6.08 Å². The first-order chi connectivity index (χ1) is 8.36. The number of benzene rings is 1. The van der Waals surface area contributed by atoms with Crippen molar-refractivity contribution < 1.29 is 8.94 Å². The van der Waals surface area contributed by atoms with Gasteiger partial charge in [0.1, 0.15) is 17.0 Å². The third-order valence-electron chi connectivity index (χ3n) is 2.49. The van der Waals surface area contributed by atoms with Crippen LogP contribution in [-0.4, -0.2) is 15.3 Å². The van der Waals surface area contributed by atoms with Crippen molar-refractivity contribution in [3.8, 4) is 0 Å². The first-order valence-corrected chi connectivity index (χ1v) is 7.01. The van der Waals surface area contributed by atoms with Crippen molar-refractivity contribution in [1.82, 2.24) is 4.72 Å². The van der Waals surface area contributed by atoms with Crippen molar-refractivity contribution in [2.45, 2.75) is 37.7 Å². The Kier molecular flexibility index (Phi) is 5.38. The molecule has 0 aliphatic heterocycles. The molecule has 0 saturated heterocycles. The maximum absolute atomic E-state index is 14.3. The average molecular weight is 269 g/mol. The zero-order valence-electron chi connectivity index (χ0n) is 11.0. The van der Waals surface area contributed by atoms with Crippen LogP contribution in [0.4, 0.5) is 4.39 Å². The normalized spacial score (nSPS) is 16.9. The molecule has 0 aromatic heterocycles. The molecule has 0 aliphatic carbocycles. The Bertz CT molecular complexity index is 377. The lowest BCUT2D eigenvalue weighted by Crippen LogP contribution is -2.45. The summed E-state index contributed by atoms with van der Waals surface area (Å²) < 4.78 is 28.6. The van der Waals surface area contributed by atoms with E-state index in [4.69, 9.17) is 0 Å². The van der Waals surface area contributed by atoms with Crippen molar-refractivity contribution in [3.63, 3.8) is 0 Å². The van der Waals surface area contributed by atoms with E-state index in [9.17, 15) is 8.94 Å². The Labute approximate surface area is 112 Å². The number of halogens is 1. The first kappa shape index (κ1) is 15.2. The molecule has 1 rings (SSSR count). The molecule has 0 heterocycles. The van der Waals surface area contributed by atoms with Gasteiger partial charge in [-0.1, -0.05) is 36.4 Å². The summed E-state index contributed by atoms with van der Waals surface area (Å²) in [5.74, 6) is 0. The molecule has 0 fully saturated rings. The van der Waals surface area contributed by atoms with Gasteiger partial charge in [-0.25, -0.2) is 4.39 Å². The minimum Gasteiger partial charge on any atom is -0.598 e. The van der Waals surface area contributed by atoms with Crippen LogP contribution < -0.4 is 4.72 Å². The van der Waals surface area contributed by atoms with E-state index in [0.29, 0.717) is 5.56 Å². The summed E-state index contributed by atoms with van der Waals surface area (Å²) >= 11 is -1.32. The fraction of sp³-hybridized carbons (Fsp3) is 0.429. The second-order valence-corrected chi connectivity index (χ2v) is 7.07. The molecular formula is C14H20FNOS. The minimum atomic E-state index is -1.32. The molecule has 0 aliphatic rings. The van der Waals surface area contributed by atoms with Gasteiger partial charge in [-0.05, 0) is 26.3 Å². The van der Waals surface area contributed by atoms with Gasteiger partial charge in [0.25, 0.3) is 0 Å². The topological polar surface area (TPSA) is 35.1 Å². The Morgan fingerprint density at radius 2 is 1.89 bits per heavy atom. The van der Waals surface area contributed by atoms with E-state index in [1.807, 2.05) is 26.8 Å². The lowest BCUT2D eigenvalue weighted by molar-refractivity contribution is 0.303. The monoisotopic (exact) mass is 269 g/mol. The average Bonchev–Trinajstić information content (AvgIpc) is 2.34. The number of hydrogen-bond acceptors (Lipinski definition) is 2. The van der Waals surface area contributed by atoms with Gasteiger partial charge in [0.15, 0.2) is 0 Å². The standard InChI is InChI=1S/C14H20FNOS/c1-5-12(16-18(17)14(2,3)4)13(15)11-9-7-6-8-10-11/h5-10,12-13,16H,1H2,2-4H3/t12-,13-,18?/m1/s1. The van der Waals surface area contributed by atoms with Crippen LogP contribution in [0, 0.1) is 0 Å². The molecule has 1 unspecified atom stereocenters. The minimum absolute atomic E-state index is 0.433. The molecule has 1 aromatic carbocycles. The largest absolute Gasteiger partial charge is 0.598 e. The van der Waals surface area contributed by atoms with Crippen LogP contribution in [-0.2, 0) is 11.4 Å². The molecule has 1 aromatic rings. The quantitative estimate of drug-likeness (QED) is 0.657. The van der Waals surface area contributed by atoms with Crippen LogP contribution in [0.3, 0.4) is 0 Å². The Morgan fingerprint density at radius 3 is 2.33 bits per heavy atom. The van der Waals surface area contributed by atoms with E-state index < -0.39 is 28.3 Å². The van der Waals surface area contributed by atoms with Crippen LogP contribution in [0.2, 0.25) is 0 Å². The van der Waals surface area contributed by atoms with Gasteiger partial charge in [0.2, 0.25) is 0 Å². The lowest BCUT2D eigenvalue weighted by Gasteiger charge is -2.28. The van der Waals surface area contributed by atoms with Gasteiger partial charge in [-0.2, -0.15) is 0 Å². The summed E-state index contributed by atoms with van der Waals surface area (Å²) in [6, 6.07) is 8.16. The second-order valence-electron chi connectivity index (χ2n) is 5.07. The van der Waals surface area contributed by atoms with Crippen LogP contribution in [0.1, 0.15) is 32.5 Å². The van der Waals surface area contributed by atoms with Gasteiger partial charge in [-0.15, -0.1) is 11.3 Å². The van der Waals surface area contributed by atoms with Crippen molar-refractivity contribution in [1.29, 1.82) is 0 Å². The highest BCUT2D eigenvalue weighted by molar-refractivity contribution is 7.90. The van der Waals surface area contributed by atoms with Gasteiger partial charge >= 0.3 is 0 Å².